The van der Waals surface area contributed by atoms with Crippen LogP contribution in [0.1, 0.15) is 10.4 Å². The summed E-state index contributed by atoms with van der Waals surface area (Å²) in [6.07, 6.45) is 1.68. The standard InChI is InChI=1S/C19H19N3O3/c1-25-17-10-6-5-9-15(17)18-16(19(24)20-11-12-23)13-22(21-18)14-7-3-2-4-8-14/h2-10,13,23H,11-12H2,1H3,(H,20,24). The highest BCUT2D eigenvalue weighted by molar-refractivity contribution is 6.00. The first kappa shape index (κ1) is 16.7. The maximum Gasteiger partial charge on any atom is 0.255 e. The van der Waals surface area contributed by atoms with Crippen molar-refractivity contribution in [2.45, 2.75) is 0 Å². The van der Waals surface area contributed by atoms with Gasteiger partial charge in [0.2, 0.25) is 0 Å². The highest BCUT2D eigenvalue weighted by atomic mass is 16.5. The third kappa shape index (κ3) is 3.54. The van der Waals surface area contributed by atoms with E-state index in [4.69, 9.17) is 9.84 Å². The number of nitrogens with zero attached hydrogens (tertiary/aromatic N) is 2. The molecule has 0 aliphatic heterocycles. The van der Waals surface area contributed by atoms with Crippen LogP contribution in [0.4, 0.5) is 0 Å². The highest BCUT2D eigenvalue weighted by Crippen LogP contribution is 2.31. The van der Waals surface area contributed by atoms with E-state index in [1.807, 2.05) is 54.6 Å². The van der Waals surface area contributed by atoms with Gasteiger partial charge in [-0.1, -0.05) is 30.3 Å². The van der Waals surface area contributed by atoms with Gasteiger partial charge in [-0.3, -0.25) is 4.79 Å². The number of amides is 1. The molecule has 128 valence electrons. The van der Waals surface area contributed by atoms with Crippen molar-refractivity contribution >= 4 is 5.91 Å². The third-order valence-corrected chi connectivity index (χ3v) is 3.74. The quantitative estimate of drug-likeness (QED) is 0.723. The fraction of sp³-hybridized carbons (Fsp3) is 0.158. The van der Waals surface area contributed by atoms with Crippen molar-refractivity contribution in [3.63, 3.8) is 0 Å². The number of benzene rings is 2. The molecule has 3 rings (SSSR count). The Morgan fingerprint density at radius 1 is 1.16 bits per heavy atom. The Morgan fingerprint density at radius 2 is 1.88 bits per heavy atom. The minimum absolute atomic E-state index is 0.122. The van der Waals surface area contributed by atoms with E-state index in [0.717, 1.165) is 11.3 Å². The third-order valence-electron chi connectivity index (χ3n) is 3.74. The molecule has 2 aromatic carbocycles. The van der Waals surface area contributed by atoms with Crippen LogP contribution in [0.25, 0.3) is 16.9 Å². The molecule has 1 aromatic heterocycles. The number of hydrogen-bond donors (Lipinski definition) is 2. The van der Waals surface area contributed by atoms with Crippen LogP contribution in [0.3, 0.4) is 0 Å². The summed E-state index contributed by atoms with van der Waals surface area (Å²) in [4.78, 5) is 12.5. The molecule has 3 aromatic rings. The van der Waals surface area contributed by atoms with Gasteiger partial charge in [0.25, 0.3) is 5.91 Å². The molecule has 1 heterocycles. The lowest BCUT2D eigenvalue weighted by Crippen LogP contribution is -2.26. The van der Waals surface area contributed by atoms with Crippen LogP contribution in [0.5, 0.6) is 5.75 Å². The Hall–Kier alpha value is -3.12. The van der Waals surface area contributed by atoms with Crippen molar-refractivity contribution in [2.75, 3.05) is 20.3 Å². The molecule has 0 unspecified atom stereocenters. The normalized spacial score (nSPS) is 10.5. The Bertz CT molecular complexity index is 859. The van der Waals surface area contributed by atoms with E-state index in [0.29, 0.717) is 17.0 Å². The molecule has 6 nitrogen and oxygen atoms in total. The molecular weight excluding hydrogens is 318 g/mol. The van der Waals surface area contributed by atoms with Crippen LogP contribution in [0.2, 0.25) is 0 Å². The lowest BCUT2D eigenvalue weighted by atomic mass is 10.1. The maximum absolute atomic E-state index is 12.5. The number of hydrogen-bond acceptors (Lipinski definition) is 4. The summed E-state index contributed by atoms with van der Waals surface area (Å²) in [7, 11) is 1.58. The first-order chi connectivity index (χ1) is 12.2. The lowest BCUT2D eigenvalue weighted by molar-refractivity contribution is 0.0945. The van der Waals surface area contributed by atoms with Gasteiger partial charge >= 0.3 is 0 Å². The zero-order valence-corrected chi connectivity index (χ0v) is 13.8. The number of ether oxygens (including phenoxy) is 1. The van der Waals surface area contributed by atoms with E-state index in [1.165, 1.54) is 0 Å². The summed E-state index contributed by atoms with van der Waals surface area (Å²) < 4.78 is 7.07. The van der Waals surface area contributed by atoms with Crippen LogP contribution in [0.15, 0.2) is 60.8 Å². The minimum atomic E-state index is -0.294. The van der Waals surface area contributed by atoms with Crippen molar-refractivity contribution in [3.05, 3.63) is 66.4 Å². The molecule has 0 aliphatic carbocycles. The monoisotopic (exact) mass is 337 g/mol. The number of para-hydroxylation sites is 2. The number of carbonyl (C=O) groups is 1. The van der Waals surface area contributed by atoms with E-state index in [-0.39, 0.29) is 19.1 Å². The molecule has 6 heteroatoms. The molecule has 0 atom stereocenters. The Kier molecular flexibility index (Phi) is 5.11. The molecule has 0 aliphatic rings. The largest absolute Gasteiger partial charge is 0.496 e. The first-order valence-corrected chi connectivity index (χ1v) is 7.92. The van der Waals surface area contributed by atoms with Crippen molar-refractivity contribution in [3.8, 4) is 22.7 Å². The summed E-state index contributed by atoms with van der Waals surface area (Å²) in [6.45, 7) is 0.0588. The average Bonchev–Trinajstić information content (AvgIpc) is 3.12. The molecule has 0 fully saturated rings. The fourth-order valence-corrected chi connectivity index (χ4v) is 2.56. The maximum atomic E-state index is 12.5. The van der Waals surface area contributed by atoms with Gasteiger partial charge in [0.05, 0.1) is 25.0 Å². The van der Waals surface area contributed by atoms with Gasteiger partial charge in [0, 0.05) is 18.3 Å². The van der Waals surface area contributed by atoms with Gasteiger partial charge in [0.1, 0.15) is 11.4 Å². The summed E-state index contributed by atoms with van der Waals surface area (Å²) in [5.74, 6) is 0.342. The van der Waals surface area contributed by atoms with Crippen LogP contribution in [0, 0.1) is 0 Å². The van der Waals surface area contributed by atoms with Crippen molar-refractivity contribution < 1.29 is 14.6 Å². The number of aliphatic hydroxyl groups excluding tert-OH is 1. The van der Waals surface area contributed by atoms with Gasteiger partial charge in [0.15, 0.2) is 0 Å². The molecular formula is C19H19N3O3. The Balaban J connectivity index is 2.11. The topological polar surface area (TPSA) is 76.4 Å². The zero-order valence-electron chi connectivity index (χ0n) is 13.8. The number of methoxy groups -OCH3 is 1. The molecule has 1 amide bonds. The van der Waals surface area contributed by atoms with E-state index < -0.39 is 0 Å². The smallest absolute Gasteiger partial charge is 0.255 e. The average molecular weight is 337 g/mol. The van der Waals surface area contributed by atoms with E-state index >= 15 is 0 Å². The van der Waals surface area contributed by atoms with Gasteiger partial charge < -0.3 is 15.2 Å². The molecule has 0 spiro atoms. The predicted octanol–water partition coefficient (Wildman–Crippen LogP) is 2.27. The van der Waals surface area contributed by atoms with Gasteiger partial charge in [-0.25, -0.2) is 4.68 Å². The van der Waals surface area contributed by atoms with Gasteiger partial charge in [-0.05, 0) is 24.3 Å². The number of carbonyl (C=O) groups excluding carboxylic acids is 1. The van der Waals surface area contributed by atoms with Crippen molar-refractivity contribution in [2.24, 2.45) is 0 Å². The molecule has 2 N–H and O–H groups in total. The SMILES string of the molecule is COc1ccccc1-c1nn(-c2ccccc2)cc1C(=O)NCCO. The second-order valence-electron chi connectivity index (χ2n) is 5.35. The number of aromatic nitrogens is 2. The Morgan fingerprint density at radius 3 is 2.60 bits per heavy atom. The lowest BCUT2D eigenvalue weighted by Gasteiger charge is -2.08. The van der Waals surface area contributed by atoms with Crippen LogP contribution < -0.4 is 10.1 Å². The zero-order chi connectivity index (χ0) is 17.6. The molecule has 0 radical (unpaired) electrons. The second kappa shape index (κ2) is 7.63. The van der Waals surface area contributed by atoms with E-state index in [1.54, 1.807) is 18.0 Å². The Labute approximate surface area is 145 Å². The minimum Gasteiger partial charge on any atom is -0.496 e. The molecule has 0 saturated heterocycles. The number of rotatable bonds is 6. The number of aliphatic hydroxyl groups is 1. The highest BCUT2D eigenvalue weighted by Gasteiger charge is 2.20. The summed E-state index contributed by atoms with van der Waals surface area (Å²) in [5, 5.41) is 16.2. The molecule has 25 heavy (non-hydrogen) atoms. The van der Waals surface area contributed by atoms with Gasteiger partial charge in [-0.15, -0.1) is 0 Å². The second-order valence-corrected chi connectivity index (χ2v) is 5.35. The van der Waals surface area contributed by atoms with Crippen LogP contribution in [-0.4, -0.2) is 41.1 Å². The molecule has 0 saturated carbocycles. The van der Waals surface area contributed by atoms with Gasteiger partial charge in [-0.2, -0.15) is 5.10 Å². The van der Waals surface area contributed by atoms with E-state index in [9.17, 15) is 4.79 Å². The fourth-order valence-electron chi connectivity index (χ4n) is 2.56. The van der Waals surface area contributed by atoms with Crippen molar-refractivity contribution in [1.29, 1.82) is 0 Å². The number of nitrogens with one attached hydrogen (secondary N) is 1. The van der Waals surface area contributed by atoms with Crippen LogP contribution >= 0.6 is 0 Å². The predicted molar refractivity (Wildman–Crippen MR) is 95.0 cm³/mol. The molecule has 0 bridgehead atoms. The van der Waals surface area contributed by atoms with E-state index in [2.05, 4.69) is 10.4 Å². The first-order valence-electron chi connectivity index (χ1n) is 7.92. The summed E-state index contributed by atoms with van der Waals surface area (Å²) in [6, 6.07) is 17.0. The van der Waals surface area contributed by atoms with Crippen LogP contribution in [-0.2, 0) is 0 Å². The van der Waals surface area contributed by atoms with Crippen molar-refractivity contribution in [1.82, 2.24) is 15.1 Å². The summed E-state index contributed by atoms with van der Waals surface area (Å²) >= 11 is 0. The summed E-state index contributed by atoms with van der Waals surface area (Å²) in [5.41, 5.74) is 2.52.